The lowest BCUT2D eigenvalue weighted by Gasteiger charge is -2.08. The minimum absolute atomic E-state index is 0.0174. The number of carbonyl (C=O) groups is 1. The minimum atomic E-state index is -2.67. The fourth-order valence-electron chi connectivity index (χ4n) is 0.919. The molecule has 0 bridgehead atoms. The molecule has 3 nitrogen and oxygen atoms in total. The molecule has 0 unspecified atom stereocenters. The van der Waals surface area contributed by atoms with Gasteiger partial charge in [0.05, 0.1) is 11.6 Å². The second kappa shape index (κ2) is 5.15. The number of hydrogen-bond acceptors (Lipinski definition) is 3. The highest BCUT2D eigenvalue weighted by molar-refractivity contribution is 14.1. The van der Waals surface area contributed by atoms with Crippen LogP contribution < -0.4 is 0 Å². The molecule has 1 rings (SSSR count). The third-order valence-corrected chi connectivity index (χ3v) is 3.27. The van der Waals surface area contributed by atoms with Gasteiger partial charge in [-0.15, -0.1) is 0 Å². The van der Waals surface area contributed by atoms with Crippen LogP contribution in [0, 0.1) is 3.57 Å². The minimum Gasteiger partial charge on any atom is -0.464 e. The molecule has 15 heavy (non-hydrogen) atoms. The summed E-state index contributed by atoms with van der Waals surface area (Å²) in [7, 11) is 1.16. The average molecular weight is 392 g/mol. The Hall–Kier alpha value is -0.310. The Kier molecular flexibility index (Phi) is 4.38. The van der Waals surface area contributed by atoms with Gasteiger partial charge in [0, 0.05) is 15.3 Å². The van der Waals surface area contributed by atoms with Gasteiger partial charge in [0.15, 0.2) is 5.69 Å². The van der Waals surface area contributed by atoms with E-state index >= 15 is 0 Å². The third kappa shape index (κ3) is 2.63. The average Bonchev–Trinajstić information content (AvgIpc) is 2.16. The number of alkyl halides is 2. The fourth-order valence-corrected chi connectivity index (χ4v) is 2.58. The van der Waals surface area contributed by atoms with Crippen molar-refractivity contribution >= 4 is 44.5 Å². The Balaban J connectivity index is 3.35. The lowest BCUT2D eigenvalue weighted by atomic mass is 10.2. The number of hydrogen-bond donors (Lipinski definition) is 0. The first-order valence-corrected chi connectivity index (χ1v) is 5.56. The Bertz CT molecular complexity index is 400. The van der Waals surface area contributed by atoms with E-state index < -0.39 is 12.4 Å². The molecule has 82 valence electrons. The lowest BCUT2D eigenvalue weighted by Crippen LogP contribution is -2.08. The normalized spacial score (nSPS) is 10.5. The summed E-state index contributed by atoms with van der Waals surface area (Å²) in [4.78, 5) is 14.9. The van der Waals surface area contributed by atoms with Crippen LogP contribution in [0.15, 0.2) is 10.7 Å². The van der Waals surface area contributed by atoms with E-state index in [0.717, 1.165) is 7.11 Å². The van der Waals surface area contributed by atoms with Gasteiger partial charge in [-0.1, -0.05) is 0 Å². The zero-order valence-electron chi connectivity index (χ0n) is 7.43. The summed E-state index contributed by atoms with van der Waals surface area (Å²) in [5.41, 5.74) is -0.390. The van der Waals surface area contributed by atoms with Crippen LogP contribution in [0.2, 0.25) is 0 Å². The first kappa shape index (κ1) is 12.8. The van der Waals surface area contributed by atoms with Gasteiger partial charge in [-0.3, -0.25) is 0 Å². The monoisotopic (exact) mass is 391 g/mol. The van der Waals surface area contributed by atoms with Crippen molar-refractivity contribution in [1.29, 1.82) is 0 Å². The molecular weight excluding hydrogens is 387 g/mol. The highest BCUT2D eigenvalue weighted by Crippen LogP contribution is 2.33. The maximum Gasteiger partial charge on any atom is 0.357 e. The molecule has 0 aliphatic heterocycles. The number of aromatic nitrogens is 1. The van der Waals surface area contributed by atoms with E-state index in [9.17, 15) is 13.6 Å². The highest BCUT2D eigenvalue weighted by atomic mass is 127. The molecule has 0 amide bonds. The maximum absolute atomic E-state index is 12.6. The Morgan fingerprint density at radius 3 is 2.73 bits per heavy atom. The number of rotatable bonds is 2. The number of ether oxygens (including phenoxy) is 1. The van der Waals surface area contributed by atoms with Crippen LogP contribution in [0.5, 0.6) is 0 Å². The molecule has 0 saturated heterocycles. The topological polar surface area (TPSA) is 39.2 Å². The quantitative estimate of drug-likeness (QED) is 0.574. The van der Waals surface area contributed by atoms with Gasteiger partial charge in [-0.05, 0) is 38.5 Å². The summed E-state index contributed by atoms with van der Waals surface area (Å²) in [6, 6.07) is 0. The van der Waals surface area contributed by atoms with Crippen molar-refractivity contribution in [3.63, 3.8) is 0 Å². The number of methoxy groups -OCH3 is 1. The molecule has 0 spiro atoms. The fraction of sp³-hybridized carbons (Fsp3) is 0.250. The van der Waals surface area contributed by atoms with Crippen LogP contribution in [0.25, 0.3) is 0 Å². The molecule has 0 radical (unpaired) electrons. The van der Waals surface area contributed by atoms with Gasteiger partial charge >= 0.3 is 5.97 Å². The molecule has 0 saturated carbocycles. The van der Waals surface area contributed by atoms with E-state index in [1.807, 2.05) is 0 Å². The van der Waals surface area contributed by atoms with Crippen LogP contribution in [-0.4, -0.2) is 18.1 Å². The molecule has 1 aromatic rings. The van der Waals surface area contributed by atoms with Gasteiger partial charge in [0.2, 0.25) is 0 Å². The summed E-state index contributed by atoms with van der Waals surface area (Å²) >= 11 is 4.65. The van der Waals surface area contributed by atoms with Gasteiger partial charge < -0.3 is 4.74 Å². The van der Waals surface area contributed by atoms with Crippen LogP contribution in [-0.2, 0) is 4.74 Å². The summed E-state index contributed by atoms with van der Waals surface area (Å²) in [6.45, 7) is 0. The molecule has 7 heteroatoms. The van der Waals surface area contributed by atoms with Crippen molar-refractivity contribution in [2.45, 2.75) is 6.43 Å². The number of pyridine rings is 1. The number of halogens is 4. The van der Waals surface area contributed by atoms with Crippen molar-refractivity contribution in [1.82, 2.24) is 4.98 Å². The van der Waals surface area contributed by atoms with Crippen molar-refractivity contribution in [3.05, 3.63) is 25.5 Å². The largest absolute Gasteiger partial charge is 0.464 e. The number of nitrogens with zero attached hydrogens (tertiary/aromatic N) is 1. The summed E-state index contributed by atoms with van der Waals surface area (Å²) < 4.78 is 29.9. The van der Waals surface area contributed by atoms with Gasteiger partial charge in [0.1, 0.15) is 0 Å². The molecule has 0 fully saturated rings. The van der Waals surface area contributed by atoms with Crippen molar-refractivity contribution in [3.8, 4) is 0 Å². The molecule has 1 aromatic heterocycles. The van der Waals surface area contributed by atoms with E-state index in [2.05, 4.69) is 25.7 Å². The second-order valence-corrected chi connectivity index (χ2v) is 4.43. The third-order valence-electron chi connectivity index (χ3n) is 1.61. The molecule has 0 atom stereocenters. The smallest absolute Gasteiger partial charge is 0.357 e. The zero-order chi connectivity index (χ0) is 11.6. The predicted octanol–water partition coefficient (Wildman–Crippen LogP) is 3.17. The Morgan fingerprint density at radius 1 is 1.67 bits per heavy atom. The Morgan fingerprint density at radius 2 is 2.27 bits per heavy atom. The van der Waals surface area contributed by atoms with Gasteiger partial charge in [0.25, 0.3) is 6.43 Å². The van der Waals surface area contributed by atoms with Gasteiger partial charge in [-0.25, -0.2) is 18.6 Å². The summed E-state index contributed by atoms with van der Waals surface area (Å²) in [5.74, 6) is -0.750. The molecule has 1 heterocycles. The summed E-state index contributed by atoms with van der Waals surface area (Å²) in [6.07, 6.45) is -1.46. The van der Waals surface area contributed by atoms with Gasteiger partial charge in [-0.2, -0.15) is 0 Å². The molecule has 0 N–H and O–H groups in total. The van der Waals surface area contributed by atoms with E-state index in [1.54, 1.807) is 22.6 Å². The van der Waals surface area contributed by atoms with Crippen LogP contribution >= 0.6 is 38.5 Å². The molecule has 0 aliphatic carbocycles. The second-order valence-electron chi connectivity index (χ2n) is 2.47. The lowest BCUT2D eigenvalue weighted by molar-refractivity contribution is 0.0592. The van der Waals surface area contributed by atoms with Crippen molar-refractivity contribution < 1.29 is 18.3 Å². The van der Waals surface area contributed by atoms with Crippen LogP contribution in [0.3, 0.4) is 0 Å². The predicted molar refractivity (Wildman–Crippen MR) is 61.0 cm³/mol. The summed E-state index contributed by atoms with van der Waals surface area (Å²) in [5, 5.41) is 0. The van der Waals surface area contributed by atoms with Crippen LogP contribution in [0.4, 0.5) is 8.78 Å². The molecular formula is C8H5BrF2INO2. The van der Waals surface area contributed by atoms with Crippen molar-refractivity contribution in [2.24, 2.45) is 0 Å². The van der Waals surface area contributed by atoms with E-state index in [4.69, 9.17) is 0 Å². The van der Waals surface area contributed by atoms with E-state index in [-0.39, 0.29) is 15.7 Å². The molecule has 0 aliphatic rings. The van der Waals surface area contributed by atoms with E-state index in [0.29, 0.717) is 3.57 Å². The number of carbonyl (C=O) groups excluding carboxylic acids is 1. The first-order chi connectivity index (χ1) is 6.99. The highest BCUT2D eigenvalue weighted by Gasteiger charge is 2.22. The first-order valence-electron chi connectivity index (χ1n) is 3.69. The van der Waals surface area contributed by atoms with Crippen LogP contribution in [0.1, 0.15) is 22.5 Å². The van der Waals surface area contributed by atoms with Crippen molar-refractivity contribution in [2.75, 3.05) is 7.11 Å². The molecule has 0 aromatic carbocycles. The number of esters is 1. The zero-order valence-corrected chi connectivity index (χ0v) is 11.2. The van der Waals surface area contributed by atoms with E-state index in [1.165, 1.54) is 6.20 Å². The SMILES string of the molecule is COC(=O)c1ncc(I)c(C(F)F)c1Br. The Labute approximate surface area is 106 Å². The maximum atomic E-state index is 12.6. The standard InChI is InChI=1S/C8H5BrF2INO2/c1-15-8(14)6-5(9)4(7(10)11)3(12)2-13-6/h2,7H,1H3.